The first kappa shape index (κ1) is 21.9. The van der Waals surface area contributed by atoms with E-state index >= 15 is 0 Å². The Labute approximate surface area is 192 Å². The van der Waals surface area contributed by atoms with Crippen molar-refractivity contribution < 1.29 is 23.1 Å². The van der Waals surface area contributed by atoms with Gasteiger partial charge in [0.25, 0.3) is 0 Å². The van der Waals surface area contributed by atoms with E-state index in [4.69, 9.17) is 4.74 Å². The lowest BCUT2D eigenvalue weighted by Crippen LogP contribution is -2.68. The number of nitrogens with zero attached hydrogens (tertiary/aromatic N) is 5. The third-order valence-corrected chi connectivity index (χ3v) is 6.27. The van der Waals surface area contributed by atoms with E-state index in [1.807, 2.05) is 0 Å². The van der Waals surface area contributed by atoms with Gasteiger partial charge in [0.15, 0.2) is 11.5 Å². The van der Waals surface area contributed by atoms with Crippen LogP contribution in [0.3, 0.4) is 0 Å². The number of nitrogens with one attached hydrogen (secondary N) is 2. The molecule has 6 rings (SSSR count). The third kappa shape index (κ3) is 3.74. The molecule has 1 atom stereocenters. The van der Waals surface area contributed by atoms with Crippen LogP contribution in [0.1, 0.15) is 37.9 Å². The summed E-state index contributed by atoms with van der Waals surface area (Å²) in [5.41, 5.74) is -0.472. The predicted molar refractivity (Wildman–Crippen MR) is 116 cm³/mol. The number of hydrogen-bond donors (Lipinski definition) is 2. The monoisotopic (exact) mass is 469 g/mol. The van der Waals surface area contributed by atoms with Gasteiger partial charge in [-0.1, -0.05) is 5.21 Å². The number of aromatic nitrogens is 5. The number of carbonyl (C=O) groups excluding carboxylic acids is 2. The lowest BCUT2D eigenvalue weighted by molar-refractivity contribution is -0.209. The molecule has 176 valence electrons. The van der Waals surface area contributed by atoms with E-state index in [0.717, 1.165) is 0 Å². The fourth-order valence-electron chi connectivity index (χ4n) is 4.50. The highest BCUT2D eigenvalue weighted by atomic mass is 19.1. The van der Waals surface area contributed by atoms with Gasteiger partial charge < -0.3 is 10.1 Å². The Morgan fingerprint density at radius 2 is 1.94 bits per heavy atom. The van der Waals surface area contributed by atoms with Crippen LogP contribution in [-0.4, -0.2) is 42.6 Å². The van der Waals surface area contributed by atoms with E-state index in [1.54, 1.807) is 25.2 Å². The zero-order valence-corrected chi connectivity index (χ0v) is 18.4. The lowest BCUT2D eigenvalue weighted by Gasteiger charge is -2.64. The van der Waals surface area contributed by atoms with Crippen molar-refractivity contribution in [1.29, 1.82) is 0 Å². The fourth-order valence-corrected chi connectivity index (χ4v) is 4.50. The van der Waals surface area contributed by atoms with Crippen molar-refractivity contribution >= 4 is 23.5 Å². The smallest absolute Gasteiger partial charge is 0.413 e. The molecule has 2 bridgehead atoms. The Morgan fingerprint density at radius 1 is 1.18 bits per heavy atom. The van der Waals surface area contributed by atoms with E-state index in [-0.39, 0.29) is 42.2 Å². The molecule has 3 aromatic rings. The van der Waals surface area contributed by atoms with Crippen LogP contribution in [0.15, 0.2) is 36.7 Å². The highest BCUT2D eigenvalue weighted by Gasteiger charge is 2.72. The molecule has 3 saturated carbocycles. The fraction of sp³-hybridized carbons (Fsp3) is 0.364. The molecule has 3 aliphatic carbocycles. The second kappa shape index (κ2) is 7.82. The molecular formula is C22H21F2N7O3. The maximum Gasteiger partial charge on any atom is 0.413 e. The van der Waals surface area contributed by atoms with Crippen LogP contribution in [-0.2, 0) is 16.6 Å². The van der Waals surface area contributed by atoms with Crippen molar-refractivity contribution in [1.82, 2.24) is 25.0 Å². The molecule has 34 heavy (non-hydrogen) atoms. The highest BCUT2D eigenvalue weighted by Crippen LogP contribution is 2.69. The van der Waals surface area contributed by atoms with Crippen molar-refractivity contribution in [2.45, 2.75) is 38.0 Å². The van der Waals surface area contributed by atoms with Gasteiger partial charge >= 0.3 is 6.09 Å². The Bertz CT molecular complexity index is 1260. The molecule has 2 N–H and O–H groups in total. The summed E-state index contributed by atoms with van der Waals surface area (Å²) in [4.78, 5) is 32.7. The average Bonchev–Trinajstić information content (AvgIpc) is 3.11. The zero-order chi connectivity index (χ0) is 24.1. The molecule has 3 fully saturated rings. The molecule has 0 unspecified atom stereocenters. The largest absolute Gasteiger partial charge is 0.441 e. The number of carbonyl (C=O) groups is 2. The SMILES string of the molecule is C[C@@H](OC(=O)Nc1c(-c2ccc(NC(=O)C34CC(F)(C3)C4)cn2)nnn1C)c1cccnc1F. The first-order valence-corrected chi connectivity index (χ1v) is 10.6. The molecule has 0 radical (unpaired) electrons. The Morgan fingerprint density at radius 3 is 2.59 bits per heavy atom. The second-order valence-electron chi connectivity index (χ2n) is 8.81. The lowest BCUT2D eigenvalue weighted by atomic mass is 9.42. The summed E-state index contributed by atoms with van der Waals surface area (Å²) in [6.45, 7) is 1.52. The van der Waals surface area contributed by atoms with Crippen molar-refractivity contribution in [3.8, 4) is 11.4 Å². The van der Waals surface area contributed by atoms with E-state index in [9.17, 15) is 18.4 Å². The Kier molecular flexibility index (Phi) is 5.03. The number of alkyl halides is 1. The summed E-state index contributed by atoms with van der Waals surface area (Å²) in [5.74, 6) is -0.707. The molecule has 0 saturated heterocycles. The van der Waals surface area contributed by atoms with Gasteiger partial charge in [-0.25, -0.2) is 18.9 Å². The first-order valence-electron chi connectivity index (χ1n) is 10.6. The molecule has 0 spiro atoms. The number of hydrogen-bond acceptors (Lipinski definition) is 7. The van der Waals surface area contributed by atoms with E-state index in [0.29, 0.717) is 11.4 Å². The van der Waals surface area contributed by atoms with E-state index in [1.165, 1.54) is 30.1 Å². The molecule has 3 aromatic heterocycles. The van der Waals surface area contributed by atoms with Gasteiger partial charge in [0, 0.05) is 18.8 Å². The maximum absolute atomic E-state index is 13.8. The summed E-state index contributed by atoms with van der Waals surface area (Å²) in [6.07, 6.45) is 1.85. The van der Waals surface area contributed by atoms with Crippen molar-refractivity contribution in [3.05, 3.63) is 48.2 Å². The normalized spacial score (nSPS) is 23.3. The number of amides is 2. The molecule has 0 aliphatic heterocycles. The minimum atomic E-state index is -1.15. The van der Waals surface area contributed by atoms with Crippen LogP contribution in [0.2, 0.25) is 0 Å². The summed E-state index contributed by atoms with van der Waals surface area (Å²) in [5, 5.41) is 13.3. The molecule has 12 heteroatoms. The van der Waals surface area contributed by atoms with Crippen molar-refractivity contribution in [2.24, 2.45) is 12.5 Å². The topological polar surface area (TPSA) is 124 Å². The predicted octanol–water partition coefficient (Wildman–Crippen LogP) is 3.55. The zero-order valence-electron chi connectivity index (χ0n) is 18.4. The average molecular weight is 469 g/mol. The minimum Gasteiger partial charge on any atom is -0.441 e. The highest BCUT2D eigenvalue weighted by molar-refractivity contribution is 5.98. The summed E-state index contributed by atoms with van der Waals surface area (Å²) in [6, 6.07) is 6.28. The van der Waals surface area contributed by atoms with Crippen LogP contribution >= 0.6 is 0 Å². The molecule has 3 aliphatic rings. The molecule has 10 nitrogen and oxygen atoms in total. The Hall–Kier alpha value is -3.96. The number of aryl methyl sites for hydroxylation is 1. The van der Waals surface area contributed by atoms with Crippen molar-refractivity contribution in [2.75, 3.05) is 10.6 Å². The number of ether oxygens (including phenoxy) is 1. The van der Waals surface area contributed by atoms with E-state index in [2.05, 4.69) is 30.9 Å². The maximum atomic E-state index is 13.8. The van der Waals surface area contributed by atoms with Gasteiger partial charge in [-0.05, 0) is 50.5 Å². The quantitative estimate of drug-likeness (QED) is 0.529. The van der Waals surface area contributed by atoms with Gasteiger partial charge in [-0.3, -0.25) is 15.1 Å². The standard InChI is InChI=1S/C22H21F2N7O3/c1-12(14-4-3-7-25-17(14)23)34-20(33)28-18-16(29-30-31(18)2)15-6-5-13(8-26-15)27-19(32)21-9-22(24,10-21)11-21/h3-8,12H,9-11H2,1-2H3,(H,27,32)(H,28,33)/t12-,21?,22?/m1/s1. The summed E-state index contributed by atoms with van der Waals surface area (Å²) >= 11 is 0. The van der Waals surface area contributed by atoms with E-state index < -0.39 is 29.2 Å². The molecular weight excluding hydrogens is 448 g/mol. The van der Waals surface area contributed by atoms with Gasteiger partial charge in [0.2, 0.25) is 11.9 Å². The summed E-state index contributed by atoms with van der Waals surface area (Å²) in [7, 11) is 1.58. The molecule has 3 heterocycles. The first-order chi connectivity index (χ1) is 16.2. The number of rotatable bonds is 6. The van der Waals surface area contributed by atoms with Crippen LogP contribution < -0.4 is 10.6 Å². The second-order valence-corrected chi connectivity index (χ2v) is 8.81. The number of pyridine rings is 2. The third-order valence-electron chi connectivity index (χ3n) is 6.27. The van der Waals surface area contributed by atoms with Crippen LogP contribution in [0.4, 0.5) is 25.1 Å². The van der Waals surface area contributed by atoms with Gasteiger partial charge in [-0.15, -0.1) is 5.10 Å². The van der Waals surface area contributed by atoms with Gasteiger partial charge in [-0.2, -0.15) is 4.39 Å². The Balaban J connectivity index is 1.25. The summed E-state index contributed by atoms with van der Waals surface area (Å²) < 4.78 is 34.1. The van der Waals surface area contributed by atoms with Crippen LogP contribution in [0.5, 0.6) is 0 Å². The minimum absolute atomic E-state index is 0.140. The van der Waals surface area contributed by atoms with Crippen LogP contribution in [0, 0.1) is 11.4 Å². The number of anilines is 2. The van der Waals surface area contributed by atoms with Gasteiger partial charge in [0.1, 0.15) is 11.8 Å². The van der Waals surface area contributed by atoms with Crippen LogP contribution in [0.25, 0.3) is 11.4 Å². The van der Waals surface area contributed by atoms with Crippen molar-refractivity contribution in [3.63, 3.8) is 0 Å². The molecule has 0 aromatic carbocycles. The van der Waals surface area contributed by atoms with Gasteiger partial charge in [0.05, 0.1) is 23.0 Å². The number of halogens is 2. The molecule has 2 amide bonds.